The number of imidazole rings is 1. The average molecular weight is 286 g/mol. The number of carbonyl (C=O) groups excluding carboxylic acids is 1. The molecule has 1 atom stereocenters. The second-order valence-corrected chi connectivity index (χ2v) is 5.21. The summed E-state index contributed by atoms with van der Waals surface area (Å²) in [6, 6.07) is 3.53. The second-order valence-electron chi connectivity index (χ2n) is 5.21. The summed E-state index contributed by atoms with van der Waals surface area (Å²) < 4.78 is 5.52. The van der Waals surface area contributed by atoms with Gasteiger partial charge in [-0.2, -0.15) is 0 Å². The smallest absolute Gasteiger partial charge is 0.273 e. The maximum absolute atomic E-state index is 12.8. The molecule has 110 valence electrons. The quantitative estimate of drug-likeness (QED) is 0.911. The molecule has 3 heterocycles. The van der Waals surface area contributed by atoms with Crippen LogP contribution in [0.15, 0.2) is 24.5 Å². The Labute approximate surface area is 123 Å². The Bertz CT molecular complexity index is 653. The van der Waals surface area contributed by atoms with Crippen LogP contribution < -0.4 is 0 Å². The molecular weight excluding hydrogens is 268 g/mol. The number of rotatable bonds is 2. The molecule has 1 aliphatic rings. The van der Waals surface area contributed by atoms with Crippen molar-refractivity contribution >= 4 is 5.91 Å². The number of morpholine rings is 1. The number of carbonyl (C=O) groups is 1. The highest BCUT2D eigenvalue weighted by atomic mass is 16.5. The molecule has 1 fully saturated rings. The van der Waals surface area contributed by atoms with Crippen LogP contribution in [0.2, 0.25) is 0 Å². The Hall–Kier alpha value is -2.21. The molecule has 0 saturated carbocycles. The van der Waals surface area contributed by atoms with Crippen molar-refractivity contribution in [2.45, 2.75) is 19.9 Å². The van der Waals surface area contributed by atoms with E-state index < -0.39 is 0 Å². The number of pyridine rings is 1. The molecule has 0 aliphatic carbocycles. The Balaban J connectivity index is 1.91. The van der Waals surface area contributed by atoms with Crippen molar-refractivity contribution < 1.29 is 9.53 Å². The molecule has 21 heavy (non-hydrogen) atoms. The van der Waals surface area contributed by atoms with E-state index in [9.17, 15) is 4.79 Å². The van der Waals surface area contributed by atoms with Gasteiger partial charge < -0.3 is 14.6 Å². The van der Waals surface area contributed by atoms with Gasteiger partial charge in [0.15, 0.2) is 0 Å². The van der Waals surface area contributed by atoms with Gasteiger partial charge in [0.05, 0.1) is 13.2 Å². The Kier molecular flexibility index (Phi) is 3.70. The number of H-pyrrole nitrogens is 1. The largest absolute Gasteiger partial charge is 0.377 e. The van der Waals surface area contributed by atoms with Crippen molar-refractivity contribution in [1.82, 2.24) is 19.9 Å². The van der Waals surface area contributed by atoms with Gasteiger partial charge in [-0.05, 0) is 25.5 Å². The predicted octanol–water partition coefficient (Wildman–Crippen LogP) is 1.64. The second kappa shape index (κ2) is 5.65. The predicted molar refractivity (Wildman–Crippen MR) is 76.9 cm³/mol. The van der Waals surface area contributed by atoms with Gasteiger partial charge in [0.25, 0.3) is 5.91 Å². The highest BCUT2D eigenvalue weighted by Crippen LogP contribution is 2.24. The first-order chi connectivity index (χ1) is 10.2. The van der Waals surface area contributed by atoms with E-state index in [1.807, 2.05) is 26.0 Å². The van der Waals surface area contributed by atoms with Gasteiger partial charge in [-0.25, -0.2) is 4.98 Å². The van der Waals surface area contributed by atoms with Gasteiger partial charge in [-0.1, -0.05) is 6.07 Å². The van der Waals surface area contributed by atoms with E-state index in [2.05, 4.69) is 15.0 Å². The van der Waals surface area contributed by atoms with Gasteiger partial charge in [0.1, 0.15) is 17.6 Å². The summed E-state index contributed by atoms with van der Waals surface area (Å²) in [7, 11) is 0. The van der Waals surface area contributed by atoms with Crippen LogP contribution >= 0.6 is 0 Å². The third kappa shape index (κ3) is 2.67. The lowest BCUT2D eigenvalue weighted by atomic mass is 10.1. The fraction of sp³-hybridized carbons (Fsp3) is 0.400. The van der Waals surface area contributed by atoms with Crippen LogP contribution in [-0.4, -0.2) is 45.5 Å². The lowest BCUT2D eigenvalue weighted by Gasteiger charge is -2.34. The maximum Gasteiger partial charge on any atom is 0.273 e. The Morgan fingerprint density at radius 3 is 3.00 bits per heavy atom. The number of amides is 1. The maximum atomic E-state index is 12.8. The van der Waals surface area contributed by atoms with Gasteiger partial charge in [-0.3, -0.25) is 9.78 Å². The molecule has 2 aromatic rings. The topological polar surface area (TPSA) is 71.1 Å². The number of aryl methyl sites for hydroxylation is 2. The van der Waals surface area contributed by atoms with Crippen molar-refractivity contribution in [3.05, 3.63) is 47.3 Å². The zero-order valence-corrected chi connectivity index (χ0v) is 12.2. The lowest BCUT2D eigenvalue weighted by molar-refractivity contribution is -0.00536. The zero-order valence-electron chi connectivity index (χ0n) is 12.2. The van der Waals surface area contributed by atoms with E-state index in [0.717, 1.165) is 17.1 Å². The molecule has 1 aliphatic heterocycles. The van der Waals surface area contributed by atoms with Gasteiger partial charge in [-0.15, -0.1) is 0 Å². The van der Waals surface area contributed by atoms with Gasteiger partial charge in [0, 0.05) is 24.6 Å². The summed E-state index contributed by atoms with van der Waals surface area (Å²) in [5.74, 6) is 0.685. The molecule has 0 aromatic carbocycles. The Morgan fingerprint density at radius 1 is 1.43 bits per heavy atom. The van der Waals surface area contributed by atoms with E-state index in [4.69, 9.17) is 4.74 Å². The molecule has 1 unspecified atom stereocenters. The molecule has 6 heteroatoms. The third-order valence-electron chi connectivity index (χ3n) is 3.64. The number of hydrogen-bond donors (Lipinski definition) is 1. The summed E-state index contributed by atoms with van der Waals surface area (Å²) in [6.07, 6.45) is 3.41. The number of hydrogen-bond acceptors (Lipinski definition) is 4. The number of aromatic nitrogens is 3. The Morgan fingerprint density at radius 2 is 2.29 bits per heavy atom. The normalized spacial score (nSPS) is 18.8. The van der Waals surface area contributed by atoms with Crippen LogP contribution in [0.3, 0.4) is 0 Å². The van der Waals surface area contributed by atoms with Gasteiger partial charge in [0.2, 0.25) is 0 Å². The van der Waals surface area contributed by atoms with Crippen molar-refractivity contribution in [3.8, 4) is 0 Å². The number of ether oxygens (including phenoxy) is 1. The zero-order chi connectivity index (χ0) is 14.8. The lowest BCUT2D eigenvalue weighted by Crippen LogP contribution is -2.44. The number of aromatic amines is 1. The van der Waals surface area contributed by atoms with E-state index in [0.29, 0.717) is 25.5 Å². The fourth-order valence-electron chi connectivity index (χ4n) is 2.52. The average Bonchev–Trinajstić information content (AvgIpc) is 2.93. The van der Waals surface area contributed by atoms with Crippen LogP contribution in [0.5, 0.6) is 0 Å². The highest BCUT2D eigenvalue weighted by Gasteiger charge is 2.32. The standard InChI is InChI=1S/C15H18N4O2/c1-10-4-3-5-16-13(10)15(20)19-6-7-21-9-12(19)14-17-8-11(2)18-14/h3-5,8,12H,6-7,9H2,1-2H3,(H,17,18). The molecule has 1 N–H and O–H groups in total. The van der Waals surface area contributed by atoms with Gasteiger partial charge >= 0.3 is 0 Å². The van der Waals surface area contributed by atoms with E-state index in [-0.39, 0.29) is 11.9 Å². The van der Waals surface area contributed by atoms with Crippen LogP contribution in [0.25, 0.3) is 0 Å². The minimum atomic E-state index is -0.193. The minimum absolute atomic E-state index is 0.0737. The molecule has 1 saturated heterocycles. The summed E-state index contributed by atoms with van der Waals surface area (Å²) in [6.45, 7) is 5.36. The summed E-state index contributed by atoms with van der Waals surface area (Å²) >= 11 is 0. The van der Waals surface area contributed by atoms with E-state index in [1.165, 1.54) is 0 Å². The van der Waals surface area contributed by atoms with Crippen molar-refractivity contribution in [1.29, 1.82) is 0 Å². The number of nitrogens with one attached hydrogen (secondary N) is 1. The molecule has 0 radical (unpaired) electrons. The summed E-state index contributed by atoms with van der Waals surface area (Å²) in [4.78, 5) is 26.3. The molecular formula is C15H18N4O2. The van der Waals surface area contributed by atoms with Crippen LogP contribution in [0, 0.1) is 13.8 Å². The first-order valence-electron chi connectivity index (χ1n) is 6.98. The third-order valence-corrected chi connectivity index (χ3v) is 3.64. The van der Waals surface area contributed by atoms with Crippen molar-refractivity contribution in [2.24, 2.45) is 0 Å². The van der Waals surface area contributed by atoms with Crippen molar-refractivity contribution in [3.63, 3.8) is 0 Å². The van der Waals surface area contributed by atoms with Crippen LogP contribution in [0.1, 0.15) is 33.6 Å². The first kappa shape index (κ1) is 13.8. The van der Waals surface area contributed by atoms with Crippen LogP contribution in [0.4, 0.5) is 0 Å². The molecule has 1 amide bonds. The highest BCUT2D eigenvalue weighted by molar-refractivity contribution is 5.94. The molecule has 6 nitrogen and oxygen atoms in total. The minimum Gasteiger partial charge on any atom is -0.377 e. The molecule has 0 spiro atoms. The van der Waals surface area contributed by atoms with E-state index in [1.54, 1.807) is 17.3 Å². The van der Waals surface area contributed by atoms with Crippen molar-refractivity contribution in [2.75, 3.05) is 19.8 Å². The molecule has 2 aromatic heterocycles. The monoisotopic (exact) mass is 286 g/mol. The van der Waals surface area contributed by atoms with E-state index >= 15 is 0 Å². The SMILES string of the molecule is Cc1cnc(C2COCCN2C(=O)c2ncccc2C)[nH]1. The van der Waals surface area contributed by atoms with Crippen LogP contribution in [-0.2, 0) is 4.74 Å². The summed E-state index contributed by atoms with van der Waals surface area (Å²) in [5, 5.41) is 0. The first-order valence-corrected chi connectivity index (χ1v) is 6.98. The summed E-state index contributed by atoms with van der Waals surface area (Å²) in [5.41, 5.74) is 2.34. The molecule has 3 rings (SSSR count). The molecule has 0 bridgehead atoms. The fourth-order valence-corrected chi connectivity index (χ4v) is 2.52. The number of nitrogens with zero attached hydrogens (tertiary/aromatic N) is 3.